The third kappa shape index (κ3) is 4.15. The maximum Gasteiger partial charge on any atom is 0.254 e. The lowest BCUT2D eigenvalue weighted by Gasteiger charge is -2.24. The van der Waals surface area contributed by atoms with Crippen LogP contribution < -0.4 is 0 Å². The molecule has 2 atom stereocenters. The fourth-order valence-corrected chi connectivity index (χ4v) is 3.35. The van der Waals surface area contributed by atoms with Crippen LogP contribution in [-0.2, 0) is 11.3 Å². The maximum absolute atomic E-state index is 12.7. The number of amides is 1. The van der Waals surface area contributed by atoms with Crippen molar-refractivity contribution in [3.05, 3.63) is 71.8 Å². The van der Waals surface area contributed by atoms with Crippen LogP contribution in [0.5, 0.6) is 0 Å². The highest BCUT2D eigenvalue weighted by molar-refractivity contribution is 7.81. The van der Waals surface area contributed by atoms with Gasteiger partial charge in [-0.25, -0.2) is 0 Å². The Kier molecular flexibility index (Phi) is 5.36. The second-order valence-corrected chi connectivity index (χ2v) is 6.60. The van der Waals surface area contributed by atoms with Crippen LogP contribution in [0, 0.1) is 0 Å². The van der Waals surface area contributed by atoms with Gasteiger partial charge in [0, 0.05) is 17.4 Å². The average Bonchev–Trinajstić information content (AvgIpc) is 2.97. The second kappa shape index (κ2) is 7.66. The highest BCUT2D eigenvalue weighted by Crippen LogP contribution is 2.24. The summed E-state index contributed by atoms with van der Waals surface area (Å²) in [5.41, 5.74) is 1.87. The topological polar surface area (TPSA) is 29.5 Å². The average molecular weight is 327 g/mol. The SMILES string of the molecule is O=C(c1ccccc1)N1C[C@H](S)C[C@H]1COCc1ccccc1. The molecule has 2 aromatic rings. The van der Waals surface area contributed by atoms with Crippen LogP contribution in [0.3, 0.4) is 0 Å². The van der Waals surface area contributed by atoms with E-state index in [9.17, 15) is 4.79 Å². The molecule has 1 aliphatic heterocycles. The van der Waals surface area contributed by atoms with Gasteiger partial charge in [-0.2, -0.15) is 12.6 Å². The number of hydrogen-bond acceptors (Lipinski definition) is 3. The van der Waals surface area contributed by atoms with E-state index < -0.39 is 0 Å². The van der Waals surface area contributed by atoms with Crippen LogP contribution in [-0.4, -0.2) is 35.3 Å². The first-order chi connectivity index (χ1) is 11.2. The van der Waals surface area contributed by atoms with Crippen molar-refractivity contribution in [3.63, 3.8) is 0 Å². The summed E-state index contributed by atoms with van der Waals surface area (Å²) in [6.45, 7) is 1.79. The van der Waals surface area contributed by atoms with Gasteiger partial charge in [0.15, 0.2) is 0 Å². The van der Waals surface area contributed by atoms with E-state index in [0.717, 1.165) is 17.5 Å². The molecule has 0 N–H and O–H groups in total. The third-order valence-corrected chi connectivity index (χ3v) is 4.47. The molecule has 1 amide bonds. The molecule has 0 saturated carbocycles. The van der Waals surface area contributed by atoms with Crippen molar-refractivity contribution < 1.29 is 9.53 Å². The molecule has 0 unspecified atom stereocenters. The molecule has 1 heterocycles. The summed E-state index contributed by atoms with van der Waals surface area (Å²) in [4.78, 5) is 14.6. The second-order valence-electron chi connectivity index (χ2n) is 5.87. The van der Waals surface area contributed by atoms with Crippen molar-refractivity contribution in [2.45, 2.75) is 24.3 Å². The van der Waals surface area contributed by atoms with E-state index in [-0.39, 0.29) is 17.2 Å². The molecule has 0 aliphatic carbocycles. The fraction of sp³-hybridized carbons (Fsp3) is 0.316. The number of carbonyl (C=O) groups is 1. The zero-order valence-corrected chi connectivity index (χ0v) is 13.9. The number of likely N-dealkylation sites (tertiary alicyclic amines) is 1. The standard InChI is InChI=1S/C19H21NO2S/c21-19(16-9-5-2-6-10-16)20-12-18(23)11-17(20)14-22-13-15-7-3-1-4-8-15/h1-10,17-18,23H,11-14H2/t17-,18+/m0/s1. The summed E-state index contributed by atoms with van der Waals surface area (Å²) in [6.07, 6.45) is 0.872. The van der Waals surface area contributed by atoms with Gasteiger partial charge in [-0.1, -0.05) is 48.5 Å². The minimum atomic E-state index is 0.0652. The van der Waals surface area contributed by atoms with Crippen molar-refractivity contribution in [2.24, 2.45) is 0 Å². The zero-order chi connectivity index (χ0) is 16.1. The number of hydrogen-bond donors (Lipinski definition) is 1. The molecule has 0 radical (unpaired) electrons. The van der Waals surface area contributed by atoms with E-state index in [1.54, 1.807) is 0 Å². The summed E-state index contributed by atoms with van der Waals surface area (Å²) in [5.74, 6) is 0.0652. The van der Waals surface area contributed by atoms with Gasteiger partial charge in [0.05, 0.1) is 19.3 Å². The molecule has 3 nitrogen and oxygen atoms in total. The summed E-state index contributed by atoms with van der Waals surface area (Å²) in [7, 11) is 0. The number of thiol groups is 1. The van der Waals surface area contributed by atoms with Crippen LogP contribution in [0.4, 0.5) is 0 Å². The first-order valence-corrected chi connectivity index (χ1v) is 8.41. The minimum absolute atomic E-state index is 0.0652. The van der Waals surface area contributed by atoms with E-state index in [4.69, 9.17) is 4.74 Å². The lowest BCUT2D eigenvalue weighted by molar-refractivity contribution is 0.0497. The quantitative estimate of drug-likeness (QED) is 0.853. The van der Waals surface area contributed by atoms with Gasteiger partial charge in [0.1, 0.15) is 0 Å². The fourth-order valence-electron chi connectivity index (χ4n) is 2.93. The summed E-state index contributed by atoms with van der Waals surface area (Å²) in [5, 5.41) is 0.216. The Balaban J connectivity index is 1.60. The number of benzene rings is 2. The van der Waals surface area contributed by atoms with E-state index in [0.29, 0.717) is 19.8 Å². The van der Waals surface area contributed by atoms with Crippen molar-refractivity contribution in [2.75, 3.05) is 13.2 Å². The Morgan fingerprint density at radius 1 is 1.09 bits per heavy atom. The number of ether oxygens (including phenoxy) is 1. The van der Waals surface area contributed by atoms with Crippen LogP contribution in [0.25, 0.3) is 0 Å². The third-order valence-electron chi connectivity index (χ3n) is 4.10. The van der Waals surface area contributed by atoms with Gasteiger partial charge in [-0.05, 0) is 24.1 Å². The number of rotatable bonds is 5. The summed E-state index contributed by atoms with van der Waals surface area (Å²) >= 11 is 4.56. The molecule has 0 aromatic heterocycles. The Bertz CT molecular complexity index is 632. The molecule has 2 aromatic carbocycles. The first kappa shape index (κ1) is 16.1. The highest BCUT2D eigenvalue weighted by atomic mass is 32.1. The molecule has 4 heteroatoms. The smallest absolute Gasteiger partial charge is 0.254 e. The molecule has 1 fully saturated rings. The molecular formula is C19H21NO2S. The van der Waals surface area contributed by atoms with Crippen molar-refractivity contribution in [1.82, 2.24) is 4.90 Å². The lowest BCUT2D eigenvalue weighted by atomic mass is 10.1. The lowest BCUT2D eigenvalue weighted by Crippen LogP contribution is -2.38. The normalized spacial score (nSPS) is 20.7. The van der Waals surface area contributed by atoms with Crippen LogP contribution in [0.1, 0.15) is 22.3 Å². The van der Waals surface area contributed by atoms with Gasteiger partial charge < -0.3 is 9.64 Å². The molecule has 120 valence electrons. The van der Waals surface area contributed by atoms with E-state index in [1.165, 1.54) is 0 Å². The van der Waals surface area contributed by atoms with Crippen molar-refractivity contribution >= 4 is 18.5 Å². The van der Waals surface area contributed by atoms with Gasteiger partial charge in [0.2, 0.25) is 0 Å². The molecule has 1 aliphatic rings. The summed E-state index contributed by atoms with van der Waals surface area (Å²) in [6, 6.07) is 19.6. The highest BCUT2D eigenvalue weighted by Gasteiger charge is 2.34. The van der Waals surface area contributed by atoms with Crippen LogP contribution in [0.2, 0.25) is 0 Å². The number of nitrogens with zero attached hydrogens (tertiary/aromatic N) is 1. The molecular weight excluding hydrogens is 306 g/mol. The Labute approximate surface area is 142 Å². The minimum Gasteiger partial charge on any atom is -0.375 e. The van der Waals surface area contributed by atoms with Gasteiger partial charge in [0.25, 0.3) is 5.91 Å². The van der Waals surface area contributed by atoms with Crippen LogP contribution >= 0.6 is 12.6 Å². The molecule has 0 bridgehead atoms. The first-order valence-electron chi connectivity index (χ1n) is 7.90. The predicted molar refractivity (Wildman–Crippen MR) is 94.8 cm³/mol. The Morgan fingerprint density at radius 2 is 1.74 bits per heavy atom. The number of carbonyl (C=O) groups excluding carboxylic acids is 1. The maximum atomic E-state index is 12.7. The Morgan fingerprint density at radius 3 is 2.43 bits per heavy atom. The molecule has 23 heavy (non-hydrogen) atoms. The Hall–Kier alpha value is -1.78. The largest absolute Gasteiger partial charge is 0.375 e. The van der Waals surface area contributed by atoms with Gasteiger partial charge >= 0.3 is 0 Å². The van der Waals surface area contributed by atoms with E-state index in [1.807, 2.05) is 65.6 Å². The van der Waals surface area contributed by atoms with E-state index in [2.05, 4.69) is 12.6 Å². The van der Waals surface area contributed by atoms with Crippen molar-refractivity contribution in [1.29, 1.82) is 0 Å². The van der Waals surface area contributed by atoms with Gasteiger partial charge in [-0.15, -0.1) is 0 Å². The van der Waals surface area contributed by atoms with Crippen LogP contribution in [0.15, 0.2) is 60.7 Å². The monoisotopic (exact) mass is 327 g/mol. The zero-order valence-electron chi connectivity index (χ0n) is 13.0. The molecule has 0 spiro atoms. The summed E-state index contributed by atoms with van der Waals surface area (Å²) < 4.78 is 5.84. The van der Waals surface area contributed by atoms with Gasteiger partial charge in [-0.3, -0.25) is 4.79 Å². The van der Waals surface area contributed by atoms with E-state index >= 15 is 0 Å². The van der Waals surface area contributed by atoms with Crippen molar-refractivity contribution in [3.8, 4) is 0 Å². The molecule has 3 rings (SSSR count). The molecule has 1 saturated heterocycles. The predicted octanol–water partition coefficient (Wildman–Crippen LogP) is 3.42.